The molecule has 174 valence electrons. The molecular formula is C23H24N2O7S. The maximum absolute atomic E-state index is 12.9. The molecular weight excluding hydrogens is 448 g/mol. The van der Waals surface area contributed by atoms with Crippen LogP contribution in [0.1, 0.15) is 41.0 Å². The number of imide groups is 1. The van der Waals surface area contributed by atoms with Crippen molar-refractivity contribution in [2.24, 2.45) is 5.92 Å². The molecule has 3 rings (SSSR count). The lowest BCUT2D eigenvalue weighted by molar-refractivity contribution is -0.152. The highest BCUT2D eigenvalue weighted by Gasteiger charge is 2.45. The summed E-state index contributed by atoms with van der Waals surface area (Å²) >= 11 is 0. The number of sulfone groups is 1. The number of carbonyl (C=O) groups excluding carboxylic acids is 4. The summed E-state index contributed by atoms with van der Waals surface area (Å²) in [4.78, 5) is 51.8. The third-order valence-electron chi connectivity index (χ3n) is 5.44. The van der Waals surface area contributed by atoms with Gasteiger partial charge in [0.1, 0.15) is 6.04 Å². The first kappa shape index (κ1) is 24.1. The molecule has 0 fully saturated rings. The molecule has 2 aromatic rings. The first-order chi connectivity index (χ1) is 15.5. The van der Waals surface area contributed by atoms with Crippen LogP contribution in [0.3, 0.4) is 0 Å². The van der Waals surface area contributed by atoms with Crippen LogP contribution in [0.2, 0.25) is 0 Å². The average Bonchev–Trinajstić information content (AvgIpc) is 3.03. The molecule has 33 heavy (non-hydrogen) atoms. The van der Waals surface area contributed by atoms with Gasteiger partial charge in [-0.3, -0.25) is 19.3 Å². The Morgan fingerprint density at radius 3 is 2.03 bits per heavy atom. The number of amides is 3. The van der Waals surface area contributed by atoms with Crippen LogP contribution in [0.4, 0.5) is 5.69 Å². The first-order valence-electron chi connectivity index (χ1n) is 10.3. The van der Waals surface area contributed by atoms with E-state index in [9.17, 15) is 27.6 Å². The molecule has 3 amide bonds. The standard InChI is InChI=1S/C23H24N2O7S/c1-4-14(2)20(25-21(27)17-7-5-6-8-18(17)22(25)28)23(29)32-13-19(26)24-15-9-11-16(12-10-15)33(3,30)31/h5-12,14,20H,4,13H2,1-3H3,(H,24,26)/t14-,20-/m0/s1. The fourth-order valence-electron chi connectivity index (χ4n) is 3.48. The van der Waals surface area contributed by atoms with E-state index in [1.165, 1.54) is 36.4 Å². The van der Waals surface area contributed by atoms with Crippen LogP contribution in [0.25, 0.3) is 0 Å². The summed E-state index contributed by atoms with van der Waals surface area (Å²) < 4.78 is 28.2. The van der Waals surface area contributed by atoms with Crippen LogP contribution in [0, 0.1) is 5.92 Å². The number of fused-ring (bicyclic) bond motifs is 1. The first-order valence-corrected chi connectivity index (χ1v) is 12.2. The van der Waals surface area contributed by atoms with Crippen molar-refractivity contribution in [1.29, 1.82) is 0 Å². The molecule has 0 saturated heterocycles. The molecule has 1 aliphatic heterocycles. The number of nitrogens with zero attached hydrogens (tertiary/aromatic N) is 1. The molecule has 0 spiro atoms. The van der Waals surface area contributed by atoms with Crippen molar-refractivity contribution in [3.8, 4) is 0 Å². The van der Waals surface area contributed by atoms with E-state index in [0.29, 0.717) is 12.1 Å². The molecule has 9 nitrogen and oxygen atoms in total. The zero-order valence-corrected chi connectivity index (χ0v) is 19.2. The third kappa shape index (κ3) is 5.11. The quantitative estimate of drug-likeness (QED) is 0.461. The molecule has 0 aromatic heterocycles. The monoisotopic (exact) mass is 472 g/mol. The van der Waals surface area contributed by atoms with Gasteiger partial charge in [0.2, 0.25) is 0 Å². The van der Waals surface area contributed by atoms with E-state index in [4.69, 9.17) is 4.74 Å². The number of ether oxygens (including phenoxy) is 1. The fourth-order valence-corrected chi connectivity index (χ4v) is 4.11. The summed E-state index contributed by atoms with van der Waals surface area (Å²) in [6.07, 6.45) is 1.56. The molecule has 1 heterocycles. The molecule has 1 N–H and O–H groups in total. The number of nitrogens with one attached hydrogen (secondary N) is 1. The Hall–Kier alpha value is -3.53. The van der Waals surface area contributed by atoms with Gasteiger partial charge in [0.25, 0.3) is 17.7 Å². The van der Waals surface area contributed by atoms with Crippen molar-refractivity contribution < 1.29 is 32.3 Å². The van der Waals surface area contributed by atoms with E-state index < -0.39 is 52.1 Å². The average molecular weight is 473 g/mol. The predicted octanol–water partition coefficient (Wildman–Crippen LogP) is 2.28. The van der Waals surface area contributed by atoms with Gasteiger partial charge in [-0.15, -0.1) is 0 Å². The number of hydrogen-bond donors (Lipinski definition) is 1. The number of hydrogen-bond acceptors (Lipinski definition) is 7. The van der Waals surface area contributed by atoms with Gasteiger partial charge in [-0.25, -0.2) is 13.2 Å². The lowest BCUT2D eigenvalue weighted by Gasteiger charge is -2.28. The Labute approximate surface area is 191 Å². The van der Waals surface area contributed by atoms with Gasteiger partial charge >= 0.3 is 5.97 Å². The Kier molecular flexibility index (Phi) is 6.97. The summed E-state index contributed by atoms with van der Waals surface area (Å²) in [6.45, 7) is 2.90. The van der Waals surface area contributed by atoms with Crippen molar-refractivity contribution >= 4 is 39.2 Å². The van der Waals surface area contributed by atoms with E-state index in [-0.39, 0.29) is 16.0 Å². The molecule has 0 bridgehead atoms. The summed E-state index contributed by atoms with van der Waals surface area (Å²) in [6, 6.07) is 10.7. The highest BCUT2D eigenvalue weighted by molar-refractivity contribution is 7.90. The molecule has 0 saturated carbocycles. The van der Waals surface area contributed by atoms with Crippen LogP contribution in [0.5, 0.6) is 0 Å². The number of carbonyl (C=O) groups is 4. The van der Waals surface area contributed by atoms with Crippen molar-refractivity contribution in [3.05, 3.63) is 59.7 Å². The SMILES string of the molecule is CC[C@H](C)[C@@H](C(=O)OCC(=O)Nc1ccc(S(C)(=O)=O)cc1)N1C(=O)c2ccccc2C1=O. The highest BCUT2D eigenvalue weighted by atomic mass is 32.2. The fraction of sp³-hybridized carbons (Fsp3) is 0.304. The Bertz CT molecular complexity index is 1170. The van der Waals surface area contributed by atoms with Gasteiger partial charge < -0.3 is 10.1 Å². The summed E-state index contributed by atoms with van der Waals surface area (Å²) in [5.74, 6) is -3.06. The largest absolute Gasteiger partial charge is 0.454 e. The van der Waals surface area contributed by atoms with Crippen molar-refractivity contribution in [2.75, 3.05) is 18.2 Å². The van der Waals surface area contributed by atoms with E-state index in [1.807, 2.05) is 6.92 Å². The maximum atomic E-state index is 12.9. The van der Waals surface area contributed by atoms with Gasteiger partial charge in [0, 0.05) is 11.9 Å². The Balaban J connectivity index is 1.68. The van der Waals surface area contributed by atoms with Gasteiger partial charge in [-0.2, -0.15) is 0 Å². The molecule has 10 heteroatoms. The van der Waals surface area contributed by atoms with E-state index in [2.05, 4.69) is 5.32 Å². The Morgan fingerprint density at radius 2 is 1.55 bits per heavy atom. The normalized spacial score (nSPS) is 15.1. The second kappa shape index (κ2) is 9.53. The van der Waals surface area contributed by atoms with Crippen molar-refractivity contribution in [1.82, 2.24) is 4.90 Å². The zero-order valence-electron chi connectivity index (χ0n) is 18.4. The topological polar surface area (TPSA) is 127 Å². The molecule has 0 aliphatic carbocycles. The van der Waals surface area contributed by atoms with Crippen LogP contribution < -0.4 is 5.32 Å². The van der Waals surface area contributed by atoms with Gasteiger partial charge in [-0.1, -0.05) is 32.4 Å². The van der Waals surface area contributed by atoms with E-state index in [0.717, 1.165) is 11.2 Å². The number of benzene rings is 2. The molecule has 1 aliphatic rings. The minimum atomic E-state index is -3.37. The van der Waals surface area contributed by atoms with Crippen LogP contribution >= 0.6 is 0 Å². The lowest BCUT2D eigenvalue weighted by atomic mass is 9.97. The molecule has 2 aromatic carbocycles. The maximum Gasteiger partial charge on any atom is 0.330 e. The smallest absolute Gasteiger partial charge is 0.330 e. The molecule has 0 unspecified atom stereocenters. The minimum absolute atomic E-state index is 0.101. The lowest BCUT2D eigenvalue weighted by Crippen LogP contribution is -2.49. The second-order valence-electron chi connectivity index (χ2n) is 7.81. The number of anilines is 1. The second-order valence-corrected chi connectivity index (χ2v) is 9.82. The van der Waals surface area contributed by atoms with Gasteiger partial charge in [0.05, 0.1) is 16.0 Å². The van der Waals surface area contributed by atoms with Crippen molar-refractivity contribution in [2.45, 2.75) is 31.2 Å². The number of rotatable bonds is 8. The van der Waals surface area contributed by atoms with Crippen LogP contribution in [-0.2, 0) is 24.2 Å². The molecule has 2 atom stereocenters. The zero-order chi connectivity index (χ0) is 24.3. The van der Waals surface area contributed by atoms with E-state index >= 15 is 0 Å². The number of esters is 1. The summed E-state index contributed by atoms with van der Waals surface area (Å²) in [5, 5.41) is 2.50. The summed E-state index contributed by atoms with van der Waals surface area (Å²) in [7, 11) is -3.37. The van der Waals surface area contributed by atoms with Gasteiger partial charge in [-0.05, 0) is 42.3 Å². The Morgan fingerprint density at radius 1 is 1.00 bits per heavy atom. The predicted molar refractivity (Wildman–Crippen MR) is 119 cm³/mol. The van der Waals surface area contributed by atoms with Crippen LogP contribution in [-0.4, -0.2) is 55.9 Å². The van der Waals surface area contributed by atoms with Gasteiger partial charge in [0.15, 0.2) is 16.4 Å². The van der Waals surface area contributed by atoms with Crippen molar-refractivity contribution in [3.63, 3.8) is 0 Å². The van der Waals surface area contributed by atoms with Crippen LogP contribution in [0.15, 0.2) is 53.4 Å². The van der Waals surface area contributed by atoms with E-state index in [1.54, 1.807) is 19.1 Å². The highest BCUT2D eigenvalue weighted by Crippen LogP contribution is 2.28. The third-order valence-corrected chi connectivity index (χ3v) is 6.57. The molecule has 0 radical (unpaired) electrons. The summed E-state index contributed by atoms with van der Waals surface area (Å²) in [5.41, 5.74) is 0.764. The minimum Gasteiger partial charge on any atom is -0.454 e.